The molecule has 1 aromatic heterocycles. The summed E-state index contributed by atoms with van der Waals surface area (Å²) in [5, 5.41) is -0.0881. The summed E-state index contributed by atoms with van der Waals surface area (Å²) in [6, 6.07) is 17.9. The SMILES string of the molecule is CC(C)C(=O)OC1CCCC1.CC(C)NS(=O)(=O)C1CC1.CC(C)Oc1nc2ccccc2nc1-c1ccccc1. The molecule has 2 fully saturated rings. The first-order valence-corrected chi connectivity index (χ1v) is 16.2. The van der Waals surface area contributed by atoms with Gasteiger partial charge < -0.3 is 9.47 Å². The van der Waals surface area contributed by atoms with Crippen molar-refractivity contribution >= 4 is 27.0 Å². The topological polar surface area (TPSA) is 107 Å². The van der Waals surface area contributed by atoms with E-state index in [9.17, 15) is 13.2 Å². The van der Waals surface area contributed by atoms with Crippen LogP contribution in [-0.4, -0.2) is 47.9 Å². The molecule has 2 aliphatic rings. The molecule has 41 heavy (non-hydrogen) atoms. The maximum absolute atomic E-state index is 11.1. The second kappa shape index (κ2) is 15.3. The van der Waals surface area contributed by atoms with Gasteiger partial charge in [0.05, 0.1) is 28.3 Å². The lowest BCUT2D eigenvalue weighted by molar-refractivity contribution is -0.152. The molecule has 0 radical (unpaired) electrons. The molecule has 3 aromatic rings. The molecule has 0 atom stereocenters. The highest BCUT2D eigenvalue weighted by atomic mass is 32.2. The van der Waals surface area contributed by atoms with Crippen LogP contribution in [0.3, 0.4) is 0 Å². The molecule has 0 bridgehead atoms. The Hall–Kier alpha value is -3.04. The lowest BCUT2D eigenvalue weighted by atomic mass is 10.1. The molecule has 2 aromatic carbocycles. The Balaban J connectivity index is 0.000000187. The maximum Gasteiger partial charge on any atom is 0.308 e. The second-order valence-corrected chi connectivity index (χ2v) is 13.4. The number of para-hydroxylation sites is 2. The summed E-state index contributed by atoms with van der Waals surface area (Å²) in [5.74, 6) is 0.567. The fraction of sp³-hybridized carbons (Fsp3) is 0.531. The first-order chi connectivity index (χ1) is 19.5. The van der Waals surface area contributed by atoms with Gasteiger partial charge in [0.15, 0.2) is 0 Å². The number of hydrogen-bond acceptors (Lipinski definition) is 7. The normalized spacial score (nSPS) is 15.3. The Bertz CT molecular complexity index is 1350. The molecule has 0 saturated heterocycles. The number of hydrogen-bond donors (Lipinski definition) is 1. The summed E-state index contributed by atoms with van der Waals surface area (Å²) in [6.45, 7) is 11.4. The van der Waals surface area contributed by atoms with Crippen LogP contribution in [0.25, 0.3) is 22.3 Å². The van der Waals surface area contributed by atoms with Crippen LogP contribution in [0.1, 0.15) is 80.1 Å². The highest BCUT2D eigenvalue weighted by Gasteiger charge is 2.35. The fourth-order valence-electron chi connectivity index (χ4n) is 4.18. The van der Waals surface area contributed by atoms with Crippen LogP contribution >= 0.6 is 0 Å². The van der Waals surface area contributed by atoms with Gasteiger partial charge in [0.1, 0.15) is 11.8 Å². The van der Waals surface area contributed by atoms with E-state index in [2.05, 4.69) is 9.71 Å². The molecule has 8 nitrogen and oxygen atoms in total. The summed E-state index contributed by atoms with van der Waals surface area (Å²) in [7, 11) is -2.94. The Morgan fingerprint density at radius 3 is 1.90 bits per heavy atom. The molecule has 2 saturated carbocycles. The average Bonchev–Trinajstić information content (AvgIpc) is 3.67. The number of ether oxygens (including phenoxy) is 2. The van der Waals surface area contributed by atoms with E-state index < -0.39 is 10.0 Å². The Morgan fingerprint density at radius 1 is 0.829 bits per heavy atom. The molecule has 5 rings (SSSR count). The van der Waals surface area contributed by atoms with Gasteiger partial charge in [0, 0.05) is 11.6 Å². The molecular weight excluding hydrogens is 538 g/mol. The fourth-order valence-corrected chi connectivity index (χ4v) is 5.79. The molecule has 1 heterocycles. The zero-order chi connectivity index (χ0) is 30.0. The third-order valence-corrected chi connectivity index (χ3v) is 8.50. The molecule has 0 amide bonds. The minimum atomic E-state index is -2.94. The highest BCUT2D eigenvalue weighted by molar-refractivity contribution is 7.90. The summed E-state index contributed by atoms with van der Waals surface area (Å²) in [6.07, 6.45) is 6.53. The first kappa shape index (κ1) is 32.5. The van der Waals surface area contributed by atoms with E-state index in [-0.39, 0.29) is 35.4 Å². The second-order valence-electron chi connectivity index (χ2n) is 11.4. The number of carbonyl (C=O) groups is 1. The van der Waals surface area contributed by atoms with Crippen molar-refractivity contribution < 1.29 is 22.7 Å². The van der Waals surface area contributed by atoms with Gasteiger partial charge in [-0.3, -0.25) is 4.79 Å². The van der Waals surface area contributed by atoms with E-state index in [0.717, 1.165) is 48.0 Å². The van der Waals surface area contributed by atoms with Gasteiger partial charge in [-0.15, -0.1) is 0 Å². The van der Waals surface area contributed by atoms with Gasteiger partial charge >= 0.3 is 5.97 Å². The van der Waals surface area contributed by atoms with E-state index in [1.165, 1.54) is 12.8 Å². The van der Waals surface area contributed by atoms with E-state index in [1.807, 2.05) is 96.1 Å². The van der Waals surface area contributed by atoms with Gasteiger partial charge in [0.25, 0.3) is 0 Å². The molecule has 2 aliphatic carbocycles. The number of sulfonamides is 1. The molecule has 1 N–H and O–H groups in total. The van der Waals surface area contributed by atoms with Crippen molar-refractivity contribution in [1.82, 2.24) is 14.7 Å². The van der Waals surface area contributed by atoms with Gasteiger partial charge in [-0.1, -0.05) is 56.3 Å². The predicted molar refractivity (Wildman–Crippen MR) is 164 cm³/mol. The van der Waals surface area contributed by atoms with Crippen LogP contribution in [0.15, 0.2) is 54.6 Å². The monoisotopic (exact) mass is 583 g/mol. The standard InChI is InChI=1S/C17H16N2O.C9H16O2.C6H13NO2S/c1-12(2)20-17-16(13-8-4-3-5-9-13)18-14-10-6-7-11-15(14)19-17;1-7(2)9(10)11-8-5-3-4-6-8;1-5(2)7-10(8,9)6-3-4-6/h3-12H,1-2H3;7-8H,3-6H2,1-2H3;5-7H,3-4H2,1-2H3. The number of rotatable bonds is 8. The van der Waals surface area contributed by atoms with E-state index in [4.69, 9.17) is 14.5 Å². The maximum atomic E-state index is 11.1. The number of aromatic nitrogens is 2. The number of nitrogens with one attached hydrogen (secondary N) is 1. The number of carbonyl (C=O) groups excluding carboxylic acids is 1. The van der Waals surface area contributed by atoms with Crippen molar-refractivity contribution in [2.75, 3.05) is 0 Å². The van der Waals surface area contributed by atoms with Crippen LogP contribution in [-0.2, 0) is 19.6 Å². The van der Waals surface area contributed by atoms with Gasteiger partial charge in [-0.05, 0) is 78.4 Å². The summed E-state index contributed by atoms with van der Waals surface area (Å²) < 4.78 is 35.8. The quantitative estimate of drug-likeness (QED) is 0.294. The third kappa shape index (κ3) is 10.7. The number of nitrogens with zero attached hydrogens (tertiary/aromatic N) is 2. The number of esters is 1. The number of benzene rings is 2. The zero-order valence-electron chi connectivity index (χ0n) is 25.2. The zero-order valence-corrected chi connectivity index (χ0v) is 26.0. The van der Waals surface area contributed by atoms with Crippen LogP contribution in [0, 0.1) is 5.92 Å². The van der Waals surface area contributed by atoms with Gasteiger partial charge in [-0.25, -0.2) is 23.1 Å². The van der Waals surface area contributed by atoms with Crippen molar-refractivity contribution in [2.45, 2.75) is 104 Å². The third-order valence-electron chi connectivity index (χ3n) is 6.35. The van der Waals surface area contributed by atoms with E-state index in [1.54, 1.807) is 0 Å². The molecule has 9 heteroatoms. The van der Waals surface area contributed by atoms with Gasteiger partial charge in [-0.2, -0.15) is 0 Å². The van der Waals surface area contributed by atoms with Crippen molar-refractivity contribution in [3.63, 3.8) is 0 Å². The summed E-state index contributed by atoms with van der Waals surface area (Å²) >= 11 is 0. The van der Waals surface area contributed by atoms with E-state index in [0.29, 0.717) is 5.88 Å². The highest BCUT2D eigenvalue weighted by Crippen LogP contribution is 2.29. The smallest absolute Gasteiger partial charge is 0.308 e. The summed E-state index contributed by atoms with van der Waals surface area (Å²) in [4.78, 5) is 20.4. The van der Waals surface area contributed by atoms with Gasteiger partial charge in [0.2, 0.25) is 15.9 Å². The van der Waals surface area contributed by atoms with Crippen molar-refractivity contribution in [3.8, 4) is 17.1 Å². The minimum Gasteiger partial charge on any atom is -0.473 e. The lowest BCUT2D eigenvalue weighted by Crippen LogP contribution is -2.32. The van der Waals surface area contributed by atoms with Crippen LogP contribution in [0.4, 0.5) is 0 Å². The van der Waals surface area contributed by atoms with Crippen LogP contribution in [0.2, 0.25) is 0 Å². The summed E-state index contributed by atoms with van der Waals surface area (Å²) in [5.41, 5.74) is 3.53. The largest absolute Gasteiger partial charge is 0.473 e. The lowest BCUT2D eigenvalue weighted by Gasteiger charge is -2.13. The predicted octanol–water partition coefficient (Wildman–Crippen LogP) is 6.69. The van der Waals surface area contributed by atoms with E-state index >= 15 is 0 Å². The number of fused-ring (bicyclic) bond motifs is 1. The average molecular weight is 584 g/mol. The van der Waals surface area contributed by atoms with Crippen LogP contribution < -0.4 is 9.46 Å². The van der Waals surface area contributed by atoms with Crippen molar-refractivity contribution in [1.29, 1.82) is 0 Å². The molecule has 0 spiro atoms. The molecule has 0 unspecified atom stereocenters. The molecule has 224 valence electrons. The Labute approximate surface area is 245 Å². The minimum absolute atomic E-state index is 0.0237. The Kier molecular flexibility index (Phi) is 12.1. The van der Waals surface area contributed by atoms with Crippen molar-refractivity contribution in [2.24, 2.45) is 5.92 Å². The molecule has 0 aliphatic heterocycles. The first-order valence-electron chi connectivity index (χ1n) is 14.7. The Morgan fingerprint density at radius 2 is 1.39 bits per heavy atom. The van der Waals surface area contributed by atoms with Crippen LogP contribution in [0.5, 0.6) is 5.88 Å². The van der Waals surface area contributed by atoms with Crippen molar-refractivity contribution in [3.05, 3.63) is 54.6 Å². The molecular formula is C32H45N3O5S.